The van der Waals surface area contributed by atoms with E-state index in [4.69, 9.17) is 4.18 Å². The van der Waals surface area contributed by atoms with Crippen molar-refractivity contribution in [3.8, 4) is 0 Å². The zero-order chi connectivity index (χ0) is 11.6. The first kappa shape index (κ1) is 11.6. The lowest BCUT2D eigenvalue weighted by Crippen LogP contribution is -2.25. The molecule has 1 aromatic carbocycles. The monoisotopic (exact) mass is 240 g/mol. The van der Waals surface area contributed by atoms with Gasteiger partial charge in [-0.2, -0.15) is 8.42 Å². The molecule has 0 heterocycles. The summed E-state index contributed by atoms with van der Waals surface area (Å²) in [4.78, 5) is 0.261. The third kappa shape index (κ3) is 2.44. The first-order chi connectivity index (χ1) is 7.62. The zero-order valence-corrected chi connectivity index (χ0v) is 10.2. The largest absolute Gasteiger partial charge is 0.297 e. The third-order valence-electron chi connectivity index (χ3n) is 2.94. The van der Waals surface area contributed by atoms with E-state index in [-0.39, 0.29) is 11.0 Å². The standard InChI is InChI=1S/C12H16O3S/c1-2-10-6-8-12(9-7-10)16(13,14)15-11-4-3-5-11/h6-9,11H,2-5H2,1H3. The Morgan fingerprint density at radius 2 is 1.88 bits per heavy atom. The van der Waals surface area contributed by atoms with Gasteiger partial charge in [0.2, 0.25) is 0 Å². The molecule has 0 aliphatic heterocycles. The average molecular weight is 240 g/mol. The van der Waals surface area contributed by atoms with Gasteiger partial charge in [-0.1, -0.05) is 19.1 Å². The molecule has 0 unspecified atom stereocenters. The molecule has 1 aromatic rings. The maximum absolute atomic E-state index is 11.8. The fourth-order valence-electron chi connectivity index (χ4n) is 1.59. The van der Waals surface area contributed by atoms with Gasteiger partial charge in [-0.25, -0.2) is 0 Å². The molecule has 0 aromatic heterocycles. The van der Waals surface area contributed by atoms with Gasteiger partial charge in [-0.05, 0) is 43.4 Å². The first-order valence-corrected chi connectivity index (χ1v) is 7.05. The van der Waals surface area contributed by atoms with Crippen molar-refractivity contribution < 1.29 is 12.6 Å². The van der Waals surface area contributed by atoms with E-state index >= 15 is 0 Å². The van der Waals surface area contributed by atoms with Crippen LogP contribution in [0.4, 0.5) is 0 Å². The van der Waals surface area contributed by atoms with E-state index in [1.165, 1.54) is 0 Å². The molecule has 0 bridgehead atoms. The minimum atomic E-state index is -3.55. The molecule has 0 N–H and O–H groups in total. The van der Waals surface area contributed by atoms with E-state index in [2.05, 4.69) is 0 Å². The second kappa shape index (κ2) is 4.55. The summed E-state index contributed by atoms with van der Waals surface area (Å²) in [5.41, 5.74) is 1.13. The molecule has 0 amide bonds. The average Bonchev–Trinajstić information content (AvgIpc) is 2.24. The highest BCUT2D eigenvalue weighted by molar-refractivity contribution is 7.86. The van der Waals surface area contributed by atoms with E-state index in [9.17, 15) is 8.42 Å². The summed E-state index contributed by atoms with van der Waals surface area (Å²) in [6, 6.07) is 6.90. The van der Waals surface area contributed by atoms with Gasteiger partial charge in [-0.3, -0.25) is 4.18 Å². The van der Waals surface area contributed by atoms with Gasteiger partial charge < -0.3 is 0 Å². The topological polar surface area (TPSA) is 43.4 Å². The Kier molecular flexibility index (Phi) is 3.30. The fraction of sp³-hybridized carbons (Fsp3) is 0.500. The zero-order valence-electron chi connectivity index (χ0n) is 9.35. The first-order valence-electron chi connectivity index (χ1n) is 5.64. The van der Waals surface area contributed by atoms with Gasteiger partial charge in [0.1, 0.15) is 0 Å². The van der Waals surface area contributed by atoms with Crippen LogP contribution in [0.15, 0.2) is 29.2 Å². The maximum Gasteiger partial charge on any atom is 0.297 e. The Balaban J connectivity index is 2.14. The number of rotatable bonds is 4. The molecule has 1 aliphatic rings. The molecular weight excluding hydrogens is 224 g/mol. The predicted molar refractivity (Wildman–Crippen MR) is 61.7 cm³/mol. The normalized spacial score (nSPS) is 17.1. The summed E-state index contributed by atoms with van der Waals surface area (Å²) in [7, 11) is -3.55. The van der Waals surface area contributed by atoms with Crippen LogP contribution in [0.5, 0.6) is 0 Å². The second-order valence-corrected chi connectivity index (χ2v) is 5.67. The minimum Gasteiger partial charge on any atom is -0.263 e. The van der Waals surface area contributed by atoms with E-state index in [0.29, 0.717) is 0 Å². The molecule has 1 saturated carbocycles. The van der Waals surface area contributed by atoms with Crippen molar-refractivity contribution in [1.82, 2.24) is 0 Å². The molecule has 4 heteroatoms. The van der Waals surface area contributed by atoms with Crippen molar-refractivity contribution in [1.29, 1.82) is 0 Å². The van der Waals surface area contributed by atoms with Crippen LogP contribution in [0.2, 0.25) is 0 Å². The molecule has 16 heavy (non-hydrogen) atoms. The van der Waals surface area contributed by atoms with Crippen LogP contribution >= 0.6 is 0 Å². The Morgan fingerprint density at radius 1 is 1.25 bits per heavy atom. The molecular formula is C12H16O3S. The van der Waals surface area contributed by atoms with Crippen LogP contribution in [-0.4, -0.2) is 14.5 Å². The van der Waals surface area contributed by atoms with Gasteiger partial charge in [0.25, 0.3) is 10.1 Å². The van der Waals surface area contributed by atoms with Crippen molar-refractivity contribution in [2.45, 2.75) is 43.6 Å². The minimum absolute atomic E-state index is 0.101. The smallest absolute Gasteiger partial charge is 0.263 e. The van der Waals surface area contributed by atoms with Crippen LogP contribution in [0.3, 0.4) is 0 Å². The Labute approximate surface area is 96.6 Å². The second-order valence-electron chi connectivity index (χ2n) is 4.10. The molecule has 1 fully saturated rings. The number of hydrogen-bond acceptors (Lipinski definition) is 3. The Hall–Kier alpha value is -0.870. The highest BCUT2D eigenvalue weighted by Gasteiger charge is 2.26. The van der Waals surface area contributed by atoms with E-state index in [1.807, 2.05) is 19.1 Å². The Bertz CT molecular complexity index is 444. The van der Waals surface area contributed by atoms with Gasteiger partial charge in [0, 0.05) is 0 Å². The lowest BCUT2D eigenvalue weighted by atomic mass is 9.97. The number of aryl methyl sites for hydroxylation is 1. The highest BCUT2D eigenvalue weighted by Crippen LogP contribution is 2.26. The predicted octanol–water partition coefficient (Wildman–Crippen LogP) is 2.51. The summed E-state index contributed by atoms with van der Waals surface area (Å²) in [6.07, 6.45) is 3.58. The van der Waals surface area contributed by atoms with Crippen LogP contribution in [-0.2, 0) is 20.7 Å². The molecule has 0 atom stereocenters. The Morgan fingerprint density at radius 3 is 2.31 bits per heavy atom. The van der Waals surface area contributed by atoms with Gasteiger partial charge in [0.15, 0.2) is 0 Å². The molecule has 0 spiro atoms. The van der Waals surface area contributed by atoms with Crippen molar-refractivity contribution >= 4 is 10.1 Å². The summed E-state index contributed by atoms with van der Waals surface area (Å²) >= 11 is 0. The van der Waals surface area contributed by atoms with Crippen molar-refractivity contribution in [3.63, 3.8) is 0 Å². The number of hydrogen-bond donors (Lipinski definition) is 0. The molecule has 1 aliphatic carbocycles. The third-order valence-corrected chi connectivity index (χ3v) is 4.31. The molecule has 2 rings (SSSR count). The molecule has 3 nitrogen and oxygen atoms in total. The molecule has 88 valence electrons. The van der Waals surface area contributed by atoms with Crippen LogP contribution in [0.25, 0.3) is 0 Å². The highest BCUT2D eigenvalue weighted by atomic mass is 32.2. The summed E-state index contributed by atoms with van der Waals surface area (Å²) in [6.45, 7) is 2.04. The van der Waals surface area contributed by atoms with Crippen molar-refractivity contribution in [3.05, 3.63) is 29.8 Å². The SMILES string of the molecule is CCc1ccc(S(=O)(=O)OC2CCC2)cc1. The van der Waals surface area contributed by atoms with Gasteiger partial charge in [-0.15, -0.1) is 0 Å². The molecule has 0 radical (unpaired) electrons. The van der Waals surface area contributed by atoms with Gasteiger partial charge in [0.05, 0.1) is 11.0 Å². The van der Waals surface area contributed by atoms with Crippen molar-refractivity contribution in [2.24, 2.45) is 0 Å². The van der Waals surface area contributed by atoms with Gasteiger partial charge >= 0.3 is 0 Å². The van der Waals surface area contributed by atoms with Crippen LogP contribution in [0, 0.1) is 0 Å². The van der Waals surface area contributed by atoms with Crippen molar-refractivity contribution in [2.75, 3.05) is 0 Å². The van der Waals surface area contributed by atoms with E-state index in [0.717, 1.165) is 31.2 Å². The van der Waals surface area contributed by atoms with E-state index in [1.54, 1.807) is 12.1 Å². The quantitative estimate of drug-likeness (QED) is 0.759. The lowest BCUT2D eigenvalue weighted by molar-refractivity contribution is 0.127. The summed E-state index contributed by atoms with van der Waals surface area (Å²) < 4.78 is 28.7. The summed E-state index contributed by atoms with van der Waals surface area (Å²) in [5.74, 6) is 0. The maximum atomic E-state index is 11.8. The lowest BCUT2D eigenvalue weighted by Gasteiger charge is -2.24. The van der Waals surface area contributed by atoms with E-state index < -0.39 is 10.1 Å². The van der Waals surface area contributed by atoms with Crippen LogP contribution < -0.4 is 0 Å². The fourth-order valence-corrected chi connectivity index (χ4v) is 2.72. The summed E-state index contributed by atoms with van der Waals surface area (Å²) in [5, 5.41) is 0. The molecule has 0 saturated heterocycles. The van der Waals surface area contributed by atoms with Crippen LogP contribution in [0.1, 0.15) is 31.7 Å². The number of benzene rings is 1.